The van der Waals surface area contributed by atoms with Gasteiger partial charge in [0.25, 0.3) is 0 Å². The van der Waals surface area contributed by atoms with Crippen LogP contribution in [-0.2, 0) is 0 Å². The number of carbonyl (C=O) groups excluding carboxylic acids is 1. The molecule has 0 amide bonds. The highest BCUT2D eigenvalue weighted by Crippen LogP contribution is 2.38. The summed E-state index contributed by atoms with van der Waals surface area (Å²) >= 11 is 1.93. The zero-order valence-electron chi connectivity index (χ0n) is 16.5. The molecule has 0 radical (unpaired) electrons. The largest absolute Gasteiger partial charge is 0.293 e. The van der Waals surface area contributed by atoms with Crippen molar-refractivity contribution in [2.24, 2.45) is 5.41 Å². The molecule has 1 aromatic rings. The Kier molecular flexibility index (Phi) is 9.12. The van der Waals surface area contributed by atoms with Gasteiger partial charge in [0.15, 0.2) is 5.78 Å². The Bertz CT molecular complexity index is 476. The van der Waals surface area contributed by atoms with Crippen LogP contribution in [0.25, 0.3) is 0 Å². The minimum Gasteiger partial charge on any atom is -0.293 e. The van der Waals surface area contributed by atoms with Crippen LogP contribution in [0.5, 0.6) is 0 Å². The average molecular weight is 349 g/mol. The van der Waals surface area contributed by atoms with E-state index in [1.807, 2.05) is 36.0 Å². The molecule has 0 saturated carbocycles. The lowest BCUT2D eigenvalue weighted by Gasteiger charge is -2.32. The van der Waals surface area contributed by atoms with E-state index in [0.29, 0.717) is 11.0 Å². The number of ketones is 1. The summed E-state index contributed by atoms with van der Waals surface area (Å²) in [4.78, 5) is 13.2. The Hall–Kier alpha value is -0.760. The van der Waals surface area contributed by atoms with Gasteiger partial charge in [-0.05, 0) is 25.2 Å². The van der Waals surface area contributed by atoms with Gasteiger partial charge in [-0.2, -0.15) is 0 Å². The van der Waals surface area contributed by atoms with E-state index in [-0.39, 0.29) is 10.7 Å². The number of Topliss-reactive ketones (excluding diaryl/α,β-unsaturated/α-hetero) is 1. The van der Waals surface area contributed by atoms with Crippen molar-refractivity contribution < 1.29 is 4.79 Å². The molecular weight excluding hydrogens is 312 g/mol. The molecule has 0 bridgehead atoms. The molecule has 0 saturated heterocycles. The van der Waals surface area contributed by atoms with E-state index < -0.39 is 0 Å². The molecule has 0 aliphatic rings. The van der Waals surface area contributed by atoms with Crippen LogP contribution in [0.15, 0.2) is 24.3 Å². The zero-order valence-corrected chi connectivity index (χ0v) is 17.3. The maximum absolute atomic E-state index is 13.2. The second kappa shape index (κ2) is 10.3. The van der Waals surface area contributed by atoms with Gasteiger partial charge < -0.3 is 0 Å². The molecule has 0 heterocycles. The minimum absolute atomic E-state index is 0.0245. The fraction of sp³-hybridized carbons (Fsp3) is 0.682. The van der Waals surface area contributed by atoms with Crippen molar-refractivity contribution in [3.63, 3.8) is 0 Å². The summed E-state index contributed by atoms with van der Waals surface area (Å²) < 4.78 is 0. The molecule has 2 heteroatoms. The zero-order chi connectivity index (χ0) is 18.2. The van der Waals surface area contributed by atoms with Crippen molar-refractivity contribution in [2.45, 2.75) is 90.6 Å². The van der Waals surface area contributed by atoms with E-state index in [4.69, 9.17) is 0 Å². The standard InChI is InChI=1S/C22H36OS/c1-7-9-11-19(12-10-8-2)24-21(22(4,5)6)20(23)18-15-13-17(3)14-16-18/h13-16,19,21H,7-12H2,1-6H3. The molecule has 1 aromatic carbocycles. The molecule has 0 spiro atoms. The van der Waals surface area contributed by atoms with E-state index in [0.717, 1.165) is 5.56 Å². The molecule has 136 valence electrons. The van der Waals surface area contributed by atoms with Crippen molar-refractivity contribution in [2.75, 3.05) is 0 Å². The van der Waals surface area contributed by atoms with Crippen LogP contribution in [0.1, 0.15) is 89.1 Å². The third kappa shape index (κ3) is 7.01. The number of unbranched alkanes of at least 4 members (excludes halogenated alkanes) is 2. The second-order valence-corrected chi connectivity index (χ2v) is 9.43. The van der Waals surface area contributed by atoms with Gasteiger partial charge in [-0.25, -0.2) is 0 Å². The van der Waals surface area contributed by atoms with Crippen molar-refractivity contribution >= 4 is 17.5 Å². The average Bonchev–Trinajstić information content (AvgIpc) is 2.53. The fourth-order valence-corrected chi connectivity index (χ4v) is 4.52. The maximum Gasteiger partial charge on any atom is 0.176 e. The Labute approximate surface area is 154 Å². The van der Waals surface area contributed by atoms with Gasteiger partial charge in [-0.15, -0.1) is 11.8 Å². The number of benzene rings is 1. The Morgan fingerprint density at radius 1 is 1.00 bits per heavy atom. The summed E-state index contributed by atoms with van der Waals surface area (Å²) in [6.45, 7) is 13.2. The lowest BCUT2D eigenvalue weighted by atomic mass is 9.87. The molecule has 1 rings (SSSR count). The van der Waals surface area contributed by atoms with Gasteiger partial charge in [0, 0.05) is 10.8 Å². The predicted molar refractivity (Wildman–Crippen MR) is 109 cm³/mol. The van der Waals surface area contributed by atoms with Crippen LogP contribution >= 0.6 is 11.8 Å². The van der Waals surface area contributed by atoms with Crippen LogP contribution in [-0.4, -0.2) is 16.3 Å². The fourth-order valence-electron chi connectivity index (χ4n) is 2.86. The van der Waals surface area contributed by atoms with Gasteiger partial charge in [-0.1, -0.05) is 90.1 Å². The lowest BCUT2D eigenvalue weighted by molar-refractivity contribution is 0.0950. The van der Waals surface area contributed by atoms with E-state index in [1.54, 1.807) is 0 Å². The second-order valence-electron chi connectivity index (χ2n) is 8.02. The first-order valence-electron chi connectivity index (χ1n) is 9.55. The highest BCUT2D eigenvalue weighted by Gasteiger charge is 2.34. The van der Waals surface area contributed by atoms with Crippen LogP contribution in [0.2, 0.25) is 0 Å². The summed E-state index contributed by atoms with van der Waals surface area (Å²) in [5.41, 5.74) is 2.04. The molecular formula is C22H36OS. The Balaban J connectivity index is 2.93. The smallest absolute Gasteiger partial charge is 0.176 e. The summed E-state index contributed by atoms with van der Waals surface area (Å²) in [5.74, 6) is 0.297. The van der Waals surface area contributed by atoms with Gasteiger partial charge in [0.05, 0.1) is 5.25 Å². The first-order valence-corrected chi connectivity index (χ1v) is 10.5. The molecule has 0 N–H and O–H groups in total. The molecule has 0 aliphatic heterocycles. The van der Waals surface area contributed by atoms with E-state index >= 15 is 0 Å². The molecule has 0 fully saturated rings. The van der Waals surface area contributed by atoms with E-state index in [2.05, 4.69) is 41.5 Å². The monoisotopic (exact) mass is 348 g/mol. The van der Waals surface area contributed by atoms with Crippen molar-refractivity contribution in [3.05, 3.63) is 35.4 Å². The summed E-state index contributed by atoms with van der Waals surface area (Å²) in [6, 6.07) is 8.07. The molecule has 0 aliphatic carbocycles. The van der Waals surface area contributed by atoms with Crippen LogP contribution in [0.3, 0.4) is 0 Å². The first-order chi connectivity index (χ1) is 11.3. The number of hydrogen-bond acceptors (Lipinski definition) is 2. The van der Waals surface area contributed by atoms with Crippen LogP contribution < -0.4 is 0 Å². The third-order valence-electron chi connectivity index (χ3n) is 4.45. The van der Waals surface area contributed by atoms with E-state index in [1.165, 1.54) is 44.1 Å². The van der Waals surface area contributed by atoms with Gasteiger partial charge in [0.2, 0.25) is 0 Å². The summed E-state index contributed by atoms with van der Waals surface area (Å²) in [6.07, 6.45) is 7.45. The van der Waals surface area contributed by atoms with Crippen LogP contribution in [0.4, 0.5) is 0 Å². The highest BCUT2D eigenvalue weighted by molar-refractivity contribution is 8.01. The molecule has 0 aromatic heterocycles. The number of thioether (sulfide) groups is 1. The number of hydrogen-bond donors (Lipinski definition) is 0. The normalized spacial score (nSPS) is 13.3. The molecule has 1 nitrogen and oxygen atoms in total. The van der Waals surface area contributed by atoms with Crippen LogP contribution in [0, 0.1) is 12.3 Å². The number of rotatable bonds is 10. The lowest BCUT2D eigenvalue weighted by Crippen LogP contribution is -2.33. The molecule has 24 heavy (non-hydrogen) atoms. The van der Waals surface area contributed by atoms with Crippen molar-refractivity contribution in [3.8, 4) is 0 Å². The van der Waals surface area contributed by atoms with E-state index in [9.17, 15) is 4.79 Å². The summed E-state index contributed by atoms with van der Waals surface area (Å²) in [5, 5.41) is 0.627. The Morgan fingerprint density at radius 2 is 1.50 bits per heavy atom. The van der Waals surface area contributed by atoms with Crippen molar-refractivity contribution in [1.82, 2.24) is 0 Å². The van der Waals surface area contributed by atoms with Gasteiger partial charge >= 0.3 is 0 Å². The minimum atomic E-state index is -0.0245. The quantitative estimate of drug-likeness (QED) is 0.420. The maximum atomic E-state index is 13.2. The van der Waals surface area contributed by atoms with Gasteiger partial charge in [-0.3, -0.25) is 4.79 Å². The van der Waals surface area contributed by atoms with Gasteiger partial charge in [0.1, 0.15) is 0 Å². The molecule has 1 atom stereocenters. The summed E-state index contributed by atoms with van der Waals surface area (Å²) in [7, 11) is 0. The topological polar surface area (TPSA) is 17.1 Å². The molecule has 1 unspecified atom stereocenters. The third-order valence-corrected chi connectivity index (χ3v) is 6.50. The van der Waals surface area contributed by atoms with Crippen molar-refractivity contribution in [1.29, 1.82) is 0 Å². The Morgan fingerprint density at radius 3 is 1.92 bits per heavy atom. The number of carbonyl (C=O) groups is 1. The highest BCUT2D eigenvalue weighted by atomic mass is 32.2. The first kappa shape index (κ1) is 21.3. The predicted octanol–water partition coefficient (Wildman–Crippen LogP) is 7.07. The number of aryl methyl sites for hydroxylation is 1. The SMILES string of the molecule is CCCCC(CCCC)SC(C(=O)c1ccc(C)cc1)C(C)(C)C.